The van der Waals surface area contributed by atoms with Crippen molar-refractivity contribution in [1.29, 1.82) is 0 Å². The average molecular weight is 414 g/mol. The van der Waals surface area contributed by atoms with Crippen LogP contribution in [-0.4, -0.2) is 61.3 Å². The van der Waals surface area contributed by atoms with Crippen LogP contribution in [-0.2, 0) is 7.81 Å². The van der Waals surface area contributed by atoms with Crippen LogP contribution < -0.4 is 0 Å². The predicted octanol–water partition coefficient (Wildman–Crippen LogP) is 1.12. The van der Waals surface area contributed by atoms with E-state index in [0.29, 0.717) is 29.5 Å². The quantitative estimate of drug-likeness (QED) is 0.420. The molecule has 0 aromatic carbocycles. The van der Waals surface area contributed by atoms with E-state index in [0.717, 1.165) is 30.3 Å². The number of hydrogen-bond donors (Lipinski definition) is 0. The molecule has 3 nitrogen and oxygen atoms in total. The summed E-state index contributed by atoms with van der Waals surface area (Å²) in [7, 11) is 0. The zero-order chi connectivity index (χ0) is 10.6. The first kappa shape index (κ1) is 15.0. The van der Waals surface area contributed by atoms with Gasteiger partial charge in [-0.3, -0.25) is 0 Å². The van der Waals surface area contributed by atoms with Gasteiger partial charge in [-0.25, -0.2) is 0 Å². The van der Waals surface area contributed by atoms with E-state index in [9.17, 15) is 4.79 Å². The fraction of sp³-hybridized carbons (Fsp3) is 0.889. The molecule has 82 valence electrons. The van der Waals surface area contributed by atoms with Gasteiger partial charge in [0.25, 0.3) is 0 Å². The molecule has 0 amide bonds. The Bertz CT molecular complexity index is 128. The van der Waals surface area contributed by atoms with E-state index in [2.05, 4.69) is 6.92 Å². The standard InChI is InChI=1S/C6H11O2.C3H6O.2Sn.3H/c1-2-3-4-5-8-6-7;1-2-3-4;;;;;/h2-5H2,1H3;1-3H2;;;;;/q;-1;;+1;;;. The van der Waals surface area contributed by atoms with Crippen molar-refractivity contribution in [1.82, 2.24) is 0 Å². The van der Waals surface area contributed by atoms with Gasteiger partial charge in [-0.05, 0) is 0 Å². The van der Waals surface area contributed by atoms with Crippen molar-refractivity contribution in [2.24, 2.45) is 0 Å². The number of carbonyl (C=O) groups is 1. The molecular weight excluding hydrogens is 394 g/mol. The summed E-state index contributed by atoms with van der Waals surface area (Å²) in [4.78, 5) is 11.2. The Morgan fingerprint density at radius 3 is 2.71 bits per heavy atom. The van der Waals surface area contributed by atoms with Crippen LogP contribution in [0.5, 0.6) is 0 Å². The number of ether oxygens (including phenoxy) is 1. The number of unbranched alkanes of at least 4 members (excludes halogenated alkanes) is 2. The second kappa shape index (κ2) is 12.1. The molecule has 14 heavy (non-hydrogen) atoms. The van der Waals surface area contributed by atoms with Gasteiger partial charge in [0.2, 0.25) is 0 Å². The minimum absolute atomic E-state index is 0.132. The first-order valence-corrected chi connectivity index (χ1v) is 10.8. The fourth-order valence-electron chi connectivity index (χ4n) is 0.989. The molecule has 0 saturated carbocycles. The average Bonchev–Trinajstić information content (AvgIpc) is 2.19. The molecule has 0 saturated heterocycles. The van der Waals surface area contributed by atoms with E-state index in [1.807, 2.05) is 0 Å². The van der Waals surface area contributed by atoms with Crippen molar-refractivity contribution < 1.29 is 12.6 Å². The van der Waals surface area contributed by atoms with E-state index in [1.54, 1.807) is 0 Å². The molecule has 0 rings (SSSR count). The maximum absolute atomic E-state index is 11.2. The van der Waals surface area contributed by atoms with Crippen LogP contribution in [0.3, 0.4) is 0 Å². The van der Waals surface area contributed by atoms with E-state index in [-0.39, 0.29) is 3.99 Å². The van der Waals surface area contributed by atoms with Crippen LogP contribution in [0.4, 0.5) is 4.79 Å². The summed E-state index contributed by atoms with van der Waals surface area (Å²) in [6.07, 6.45) is 4.42. The zero-order valence-electron chi connectivity index (χ0n) is 8.96. The molecule has 0 fully saturated rings. The molecular formula is C9H20O3Sn2. The van der Waals surface area contributed by atoms with Crippen molar-refractivity contribution >= 4 is 48.1 Å². The summed E-state index contributed by atoms with van der Waals surface area (Å²) < 4.78 is 11.4. The van der Waals surface area contributed by atoms with E-state index in [4.69, 9.17) is 7.81 Å². The molecule has 0 aliphatic rings. The number of hydrogen-bond acceptors (Lipinski definition) is 3. The third-order valence-corrected chi connectivity index (χ3v) is 6.04. The summed E-state index contributed by atoms with van der Waals surface area (Å²) in [6, 6.07) is 0. The topological polar surface area (TPSA) is 35.5 Å². The molecule has 0 spiro atoms. The Kier molecular flexibility index (Phi) is 13.0. The molecule has 0 unspecified atom stereocenters. The minimum atomic E-state index is -1.08. The molecule has 0 atom stereocenters. The molecule has 0 aliphatic heterocycles. The molecule has 0 heterocycles. The first-order valence-electron chi connectivity index (χ1n) is 5.18. The third kappa shape index (κ3) is 11.1. The monoisotopic (exact) mass is 416 g/mol. The summed E-state index contributed by atoms with van der Waals surface area (Å²) in [5.74, 6) is 0. The second-order valence-corrected chi connectivity index (χ2v) is 8.45. The Morgan fingerprint density at radius 1 is 1.29 bits per heavy atom. The summed E-state index contributed by atoms with van der Waals surface area (Å²) in [5, 5.41) is 0. The number of carbonyl (C=O) groups excluding carboxylic acids is 1. The first-order chi connectivity index (χ1) is 6.81. The van der Waals surface area contributed by atoms with Crippen LogP contribution in [0, 0.1) is 0 Å². The molecule has 0 N–H and O–H groups in total. The Balaban J connectivity index is 3.11. The van der Waals surface area contributed by atoms with E-state index >= 15 is 0 Å². The molecule has 0 aromatic heterocycles. The van der Waals surface area contributed by atoms with Crippen molar-refractivity contribution in [3.63, 3.8) is 0 Å². The van der Waals surface area contributed by atoms with Gasteiger partial charge >= 0.3 is 111 Å². The van der Waals surface area contributed by atoms with Crippen LogP contribution in [0.2, 0.25) is 4.44 Å². The van der Waals surface area contributed by atoms with Crippen LogP contribution >= 0.6 is 0 Å². The molecule has 0 bridgehead atoms. The van der Waals surface area contributed by atoms with E-state index in [1.165, 1.54) is 6.42 Å². The van der Waals surface area contributed by atoms with Crippen LogP contribution in [0.25, 0.3) is 0 Å². The van der Waals surface area contributed by atoms with Gasteiger partial charge in [0.15, 0.2) is 0 Å². The van der Waals surface area contributed by atoms with Gasteiger partial charge in [-0.2, -0.15) is 0 Å². The van der Waals surface area contributed by atoms with Crippen molar-refractivity contribution in [3.8, 4) is 0 Å². The maximum atomic E-state index is 11.2. The van der Waals surface area contributed by atoms with Crippen molar-refractivity contribution in [2.45, 2.75) is 37.0 Å². The number of rotatable bonds is 9. The van der Waals surface area contributed by atoms with Gasteiger partial charge in [0, 0.05) is 0 Å². The van der Waals surface area contributed by atoms with E-state index < -0.39 is 21.1 Å². The molecule has 0 aliphatic carbocycles. The summed E-state index contributed by atoms with van der Waals surface area (Å²) >= 11 is -0.465. The summed E-state index contributed by atoms with van der Waals surface area (Å²) in [6.45, 7) is 3.63. The molecule has 0 aromatic rings. The molecule has 2 radical (unpaired) electrons. The van der Waals surface area contributed by atoms with Gasteiger partial charge in [-0.15, -0.1) is 0 Å². The fourth-order valence-corrected chi connectivity index (χ4v) is 3.98. The zero-order valence-corrected chi connectivity index (χ0v) is 16.3. The van der Waals surface area contributed by atoms with Gasteiger partial charge in [0.05, 0.1) is 0 Å². The Morgan fingerprint density at radius 2 is 2.07 bits per heavy atom. The third-order valence-electron chi connectivity index (χ3n) is 1.80. The molecule has 5 heteroatoms. The van der Waals surface area contributed by atoms with Crippen molar-refractivity contribution in [2.75, 3.05) is 13.2 Å². The van der Waals surface area contributed by atoms with Gasteiger partial charge < -0.3 is 0 Å². The predicted molar refractivity (Wildman–Crippen MR) is 61.9 cm³/mol. The van der Waals surface area contributed by atoms with Crippen LogP contribution in [0.15, 0.2) is 0 Å². The van der Waals surface area contributed by atoms with Crippen molar-refractivity contribution in [3.05, 3.63) is 0 Å². The summed E-state index contributed by atoms with van der Waals surface area (Å²) in [5.41, 5.74) is 0. The SMILES string of the molecule is CCCCCO[C](=O)[SnH][CH2]CC[O][SnH2]. The van der Waals surface area contributed by atoms with Crippen LogP contribution in [0.1, 0.15) is 32.6 Å². The van der Waals surface area contributed by atoms with Gasteiger partial charge in [0.1, 0.15) is 0 Å². The Hall–Kier alpha value is 1.03. The second-order valence-electron chi connectivity index (χ2n) is 3.13. The van der Waals surface area contributed by atoms with Gasteiger partial charge in [-0.1, -0.05) is 0 Å². The normalized spacial score (nSPS) is 10.1. The Labute approximate surface area is 110 Å².